The predicted molar refractivity (Wildman–Crippen MR) is 67.8 cm³/mol. The van der Waals surface area contributed by atoms with E-state index in [1.54, 1.807) is 0 Å². The Kier molecular flexibility index (Phi) is 3.28. The first kappa shape index (κ1) is 13.3. The Bertz CT molecular complexity index is 325. The largest absolute Gasteiger partial charge is 0.496 e. The van der Waals surface area contributed by atoms with Crippen molar-refractivity contribution >= 4 is 7.12 Å². The van der Waals surface area contributed by atoms with E-state index in [2.05, 4.69) is 6.58 Å². The van der Waals surface area contributed by atoms with Crippen LogP contribution in [0.25, 0.3) is 0 Å². The molecule has 0 amide bonds. The number of hydrogen-bond acceptors (Lipinski definition) is 3. The first-order valence-electron chi connectivity index (χ1n) is 5.56. The second-order valence-corrected chi connectivity index (χ2v) is 5.47. The normalized spacial score (nSPS) is 24.2. The minimum atomic E-state index is -0.410. The Morgan fingerprint density at radius 2 is 1.44 bits per heavy atom. The summed E-state index contributed by atoms with van der Waals surface area (Å²) in [4.78, 5) is 0. The topological polar surface area (TPSA) is 44.5 Å². The summed E-state index contributed by atoms with van der Waals surface area (Å²) in [6.07, 6.45) is 0. The summed E-state index contributed by atoms with van der Waals surface area (Å²) in [6.45, 7) is 15.8. The zero-order valence-electron chi connectivity index (χ0n) is 11.2. The van der Waals surface area contributed by atoms with Crippen molar-refractivity contribution in [1.29, 1.82) is 0 Å². The maximum absolute atomic E-state index is 5.93. The molecule has 0 unspecified atom stereocenters. The van der Waals surface area contributed by atoms with Crippen LogP contribution in [0.5, 0.6) is 0 Å². The third-order valence-corrected chi connectivity index (χ3v) is 3.37. The summed E-state index contributed by atoms with van der Waals surface area (Å²) in [6, 6.07) is 0. The maximum atomic E-state index is 5.93. The molecule has 0 spiro atoms. The van der Waals surface area contributed by atoms with Gasteiger partial charge in [0.05, 0.1) is 11.2 Å². The minimum absolute atomic E-state index is 0.339. The third kappa shape index (κ3) is 2.18. The van der Waals surface area contributed by atoms with Crippen molar-refractivity contribution < 1.29 is 9.31 Å². The van der Waals surface area contributed by atoms with Gasteiger partial charge < -0.3 is 15.0 Å². The van der Waals surface area contributed by atoms with Gasteiger partial charge in [-0.1, -0.05) is 12.2 Å². The van der Waals surface area contributed by atoms with Crippen LogP contribution in [0.4, 0.5) is 0 Å². The Hall–Kier alpha value is -0.735. The average molecular weight is 223 g/mol. The van der Waals surface area contributed by atoms with E-state index in [0.29, 0.717) is 5.70 Å². The molecule has 0 atom stereocenters. The van der Waals surface area contributed by atoms with Gasteiger partial charge in [0, 0.05) is 11.2 Å². The minimum Gasteiger partial charge on any atom is -0.403 e. The first-order chi connectivity index (χ1) is 7.08. The van der Waals surface area contributed by atoms with Crippen molar-refractivity contribution in [3.8, 4) is 0 Å². The zero-order valence-corrected chi connectivity index (χ0v) is 11.2. The molecule has 1 aliphatic heterocycles. The van der Waals surface area contributed by atoms with Gasteiger partial charge in [-0.05, 0) is 41.5 Å². The Morgan fingerprint density at radius 1 is 1.06 bits per heavy atom. The van der Waals surface area contributed by atoms with E-state index in [1.165, 1.54) is 0 Å². The van der Waals surface area contributed by atoms with Crippen LogP contribution in [0.3, 0.4) is 0 Å². The second-order valence-electron chi connectivity index (χ2n) is 5.47. The van der Waals surface area contributed by atoms with Crippen molar-refractivity contribution in [1.82, 2.24) is 0 Å². The van der Waals surface area contributed by atoms with Gasteiger partial charge in [0.25, 0.3) is 0 Å². The summed E-state index contributed by atoms with van der Waals surface area (Å²) in [7, 11) is -0.410. The molecule has 1 aliphatic rings. The lowest BCUT2D eigenvalue weighted by Gasteiger charge is -2.32. The maximum Gasteiger partial charge on any atom is 0.496 e. The molecule has 2 N–H and O–H groups in total. The highest BCUT2D eigenvalue weighted by Crippen LogP contribution is 2.39. The molecule has 0 aliphatic carbocycles. The molecule has 3 nitrogen and oxygen atoms in total. The summed E-state index contributed by atoms with van der Waals surface area (Å²) in [5.74, 6) is 0. The molecule has 1 saturated heterocycles. The van der Waals surface area contributed by atoms with E-state index in [-0.39, 0.29) is 11.2 Å². The SMILES string of the molecule is C=C(C)/C(B1OC(C)(C)C(C)(C)O1)=C(/C)N. The van der Waals surface area contributed by atoms with E-state index < -0.39 is 7.12 Å². The first-order valence-corrected chi connectivity index (χ1v) is 5.56. The number of rotatable bonds is 2. The highest BCUT2D eigenvalue weighted by atomic mass is 16.7. The molecule has 4 heteroatoms. The highest BCUT2D eigenvalue weighted by Gasteiger charge is 2.52. The van der Waals surface area contributed by atoms with Crippen molar-refractivity contribution in [2.24, 2.45) is 5.73 Å². The summed E-state index contributed by atoms with van der Waals surface area (Å²) in [5, 5.41) is 0. The van der Waals surface area contributed by atoms with Crippen LogP contribution in [-0.4, -0.2) is 18.3 Å². The summed E-state index contributed by atoms with van der Waals surface area (Å²) < 4.78 is 11.9. The van der Waals surface area contributed by atoms with Gasteiger partial charge >= 0.3 is 7.12 Å². The van der Waals surface area contributed by atoms with Crippen molar-refractivity contribution in [3.63, 3.8) is 0 Å². The fourth-order valence-corrected chi connectivity index (χ4v) is 1.68. The van der Waals surface area contributed by atoms with Crippen molar-refractivity contribution in [2.75, 3.05) is 0 Å². The number of nitrogens with two attached hydrogens (primary N) is 1. The van der Waals surface area contributed by atoms with Gasteiger partial charge in [0.2, 0.25) is 0 Å². The molecule has 0 aromatic carbocycles. The smallest absolute Gasteiger partial charge is 0.403 e. The summed E-state index contributed by atoms with van der Waals surface area (Å²) in [5.41, 5.74) is 7.62. The molecule has 0 saturated carbocycles. The van der Waals surface area contributed by atoms with E-state index in [0.717, 1.165) is 11.0 Å². The van der Waals surface area contributed by atoms with Crippen LogP contribution in [0.1, 0.15) is 41.5 Å². The summed E-state index contributed by atoms with van der Waals surface area (Å²) >= 11 is 0. The predicted octanol–water partition coefficient (Wildman–Crippen LogP) is 2.43. The van der Waals surface area contributed by atoms with Crippen LogP contribution in [0.2, 0.25) is 0 Å². The van der Waals surface area contributed by atoms with Crippen LogP contribution < -0.4 is 5.73 Å². The lowest BCUT2D eigenvalue weighted by molar-refractivity contribution is 0.00578. The van der Waals surface area contributed by atoms with E-state index in [9.17, 15) is 0 Å². The van der Waals surface area contributed by atoms with Crippen molar-refractivity contribution in [2.45, 2.75) is 52.7 Å². The molecular weight excluding hydrogens is 201 g/mol. The number of allylic oxidation sites excluding steroid dienone is 3. The van der Waals surface area contributed by atoms with E-state index in [4.69, 9.17) is 15.0 Å². The van der Waals surface area contributed by atoms with Crippen molar-refractivity contribution in [3.05, 3.63) is 23.3 Å². The van der Waals surface area contributed by atoms with Gasteiger partial charge in [0.15, 0.2) is 0 Å². The number of hydrogen-bond donors (Lipinski definition) is 1. The molecule has 16 heavy (non-hydrogen) atoms. The molecular formula is C12H22BNO2. The van der Waals surface area contributed by atoms with Gasteiger partial charge in [-0.25, -0.2) is 0 Å². The fraction of sp³-hybridized carbons (Fsp3) is 0.667. The Labute approximate surface area is 98.8 Å². The van der Waals surface area contributed by atoms with Gasteiger partial charge in [0.1, 0.15) is 0 Å². The van der Waals surface area contributed by atoms with Crippen LogP contribution in [-0.2, 0) is 9.31 Å². The zero-order chi connectivity index (χ0) is 12.7. The van der Waals surface area contributed by atoms with E-state index in [1.807, 2.05) is 41.5 Å². The molecule has 0 aromatic rings. The van der Waals surface area contributed by atoms with Crippen LogP contribution in [0, 0.1) is 0 Å². The fourth-order valence-electron chi connectivity index (χ4n) is 1.68. The Balaban J connectivity index is 3.04. The lowest BCUT2D eigenvalue weighted by atomic mass is 9.73. The molecule has 90 valence electrons. The molecule has 1 rings (SSSR count). The molecule has 0 bridgehead atoms. The highest BCUT2D eigenvalue weighted by molar-refractivity contribution is 6.56. The van der Waals surface area contributed by atoms with Crippen LogP contribution >= 0.6 is 0 Å². The molecule has 0 radical (unpaired) electrons. The Morgan fingerprint density at radius 3 is 1.69 bits per heavy atom. The van der Waals surface area contributed by atoms with Gasteiger partial charge in [-0.2, -0.15) is 0 Å². The van der Waals surface area contributed by atoms with Gasteiger partial charge in [-0.15, -0.1) is 0 Å². The second kappa shape index (κ2) is 3.93. The molecule has 1 fully saturated rings. The third-order valence-electron chi connectivity index (χ3n) is 3.37. The van der Waals surface area contributed by atoms with Gasteiger partial charge in [-0.3, -0.25) is 0 Å². The lowest BCUT2D eigenvalue weighted by Crippen LogP contribution is -2.41. The monoisotopic (exact) mass is 223 g/mol. The van der Waals surface area contributed by atoms with Crippen LogP contribution in [0.15, 0.2) is 23.3 Å². The molecule has 1 heterocycles. The van der Waals surface area contributed by atoms with E-state index >= 15 is 0 Å². The quantitative estimate of drug-likeness (QED) is 0.577. The standard InChI is InChI=1S/C12H22BNO2/c1-8(2)10(9(3)14)13-15-11(4,5)12(6,7)16-13/h1,14H2,2-7H3/b10-9+. The molecule has 0 aromatic heterocycles. The average Bonchev–Trinajstić information content (AvgIpc) is 2.17.